The van der Waals surface area contributed by atoms with Gasteiger partial charge in [0, 0.05) is 5.56 Å². The summed E-state index contributed by atoms with van der Waals surface area (Å²) < 4.78 is 16.8. The first-order valence-corrected chi connectivity index (χ1v) is 5.77. The lowest BCUT2D eigenvalue weighted by Gasteiger charge is -2.37. The van der Waals surface area contributed by atoms with Crippen LogP contribution in [0.2, 0.25) is 0 Å². The van der Waals surface area contributed by atoms with Crippen LogP contribution < -0.4 is 10.1 Å². The summed E-state index contributed by atoms with van der Waals surface area (Å²) in [5, 5.41) is 3.14. The summed E-state index contributed by atoms with van der Waals surface area (Å²) in [4.78, 5) is 0. The Labute approximate surface area is 102 Å². The molecule has 94 valence electrons. The largest absolute Gasteiger partial charge is 0.497 e. The van der Waals surface area contributed by atoms with Crippen LogP contribution in [0.15, 0.2) is 24.3 Å². The zero-order chi connectivity index (χ0) is 12.3. The van der Waals surface area contributed by atoms with E-state index in [1.54, 1.807) is 7.11 Å². The standard InChI is InChI=1S/C13H19NO3/c1-13(16-8-11(14-2)9-17-13)10-5-4-6-12(7-10)15-3/h4-7,11,14H,8-9H2,1-3H3. The van der Waals surface area contributed by atoms with Gasteiger partial charge in [0.15, 0.2) is 5.79 Å². The molecule has 0 bridgehead atoms. The maximum Gasteiger partial charge on any atom is 0.192 e. The van der Waals surface area contributed by atoms with Crippen LogP contribution in [0.4, 0.5) is 0 Å². The smallest absolute Gasteiger partial charge is 0.192 e. The second-order valence-electron chi connectivity index (χ2n) is 4.29. The average Bonchev–Trinajstić information content (AvgIpc) is 2.40. The third-order valence-electron chi connectivity index (χ3n) is 3.12. The summed E-state index contributed by atoms with van der Waals surface area (Å²) in [5.74, 6) is 0.133. The quantitative estimate of drug-likeness (QED) is 0.865. The zero-order valence-electron chi connectivity index (χ0n) is 10.5. The number of likely N-dealkylation sites (N-methyl/N-ethyl adjacent to an activating group) is 1. The number of rotatable bonds is 3. The Hall–Kier alpha value is -1.10. The van der Waals surface area contributed by atoms with Gasteiger partial charge in [0.05, 0.1) is 26.4 Å². The number of hydrogen-bond donors (Lipinski definition) is 1. The van der Waals surface area contributed by atoms with Crippen molar-refractivity contribution in [2.45, 2.75) is 18.8 Å². The Morgan fingerprint density at radius 3 is 2.65 bits per heavy atom. The molecule has 0 aromatic heterocycles. The molecule has 17 heavy (non-hydrogen) atoms. The topological polar surface area (TPSA) is 39.7 Å². The summed E-state index contributed by atoms with van der Waals surface area (Å²) in [6.45, 7) is 3.22. The first-order valence-electron chi connectivity index (χ1n) is 5.77. The molecule has 1 saturated heterocycles. The second-order valence-corrected chi connectivity index (χ2v) is 4.29. The Morgan fingerprint density at radius 2 is 2.06 bits per heavy atom. The molecule has 0 saturated carbocycles. The highest BCUT2D eigenvalue weighted by atomic mass is 16.7. The molecule has 0 aliphatic carbocycles. The second kappa shape index (κ2) is 5.04. The van der Waals surface area contributed by atoms with Crippen LogP contribution >= 0.6 is 0 Å². The highest BCUT2D eigenvalue weighted by Gasteiger charge is 2.34. The number of benzene rings is 1. The summed E-state index contributed by atoms with van der Waals surface area (Å²) in [5.41, 5.74) is 0.978. The Balaban J connectivity index is 2.15. The maximum absolute atomic E-state index is 5.81. The van der Waals surface area contributed by atoms with Crippen molar-refractivity contribution in [3.8, 4) is 5.75 Å². The van der Waals surface area contributed by atoms with E-state index in [1.807, 2.05) is 38.2 Å². The molecule has 1 aliphatic rings. The molecule has 0 unspecified atom stereocenters. The monoisotopic (exact) mass is 237 g/mol. The Bertz CT molecular complexity index is 373. The van der Waals surface area contributed by atoms with Gasteiger partial charge in [0.1, 0.15) is 5.75 Å². The molecule has 1 fully saturated rings. The molecule has 1 N–H and O–H groups in total. The molecule has 0 atom stereocenters. The van der Waals surface area contributed by atoms with Crippen LogP contribution in [-0.4, -0.2) is 33.4 Å². The molecule has 1 heterocycles. The van der Waals surface area contributed by atoms with Gasteiger partial charge in [-0.15, -0.1) is 0 Å². The van der Waals surface area contributed by atoms with Gasteiger partial charge in [0.2, 0.25) is 0 Å². The van der Waals surface area contributed by atoms with E-state index in [0.717, 1.165) is 11.3 Å². The molecular weight excluding hydrogens is 218 g/mol. The van der Waals surface area contributed by atoms with E-state index in [0.29, 0.717) is 13.2 Å². The summed E-state index contributed by atoms with van der Waals surface area (Å²) in [7, 11) is 3.56. The SMILES string of the molecule is CNC1COC(C)(c2cccc(OC)c2)OC1. The van der Waals surface area contributed by atoms with Crippen molar-refractivity contribution >= 4 is 0 Å². The fourth-order valence-corrected chi connectivity index (χ4v) is 1.85. The van der Waals surface area contributed by atoms with Gasteiger partial charge in [-0.1, -0.05) is 12.1 Å². The fourth-order valence-electron chi connectivity index (χ4n) is 1.85. The van der Waals surface area contributed by atoms with Gasteiger partial charge in [-0.05, 0) is 26.1 Å². The zero-order valence-corrected chi connectivity index (χ0v) is 10.5. The van der Waals surface area contributed by atoms with Crippen molar-refractivity contribution in [3.05, 3.63) is 29.8 Å². The molecule has 0 radical (unpaired) electrons. The Morgan fingerprint density at radius 1 is 1.35 bits per heavy atom. The predicted octanol–water partition coefficient (Wildman–Crippen LogP) is 1.50. The highest BCUT2D eigenvalue weighted by Crippen LogP contribution is 2.31. The van der Waals surface area contributed by atoms with Crippen LogP contribution in [-0.2, 0) is 15.3 Å². The molecule has 1 aromatic rings. The summed E-state index contributed by atoms with van der Waals surface area (Å²) in [6, 6.07) is 8.04. The van der Waals surface area contributed by atoms with Crippen LogP contribution in [0.5, 0.6) is 5.75 Å². The van der Waals surface area contributed by atoms with Crippen molar-refractivity contribution < 1.29 is 14.2 Å². The summed E-state index contributed by atoms with van der Waals surface area (Å²) >= 11 is 0. The first kappa shape index (κ1) is 12.4. The van der Waals surface area contributed by atoms with Crippen LogP contribution in [0.1, 0.15) is 12.5 Å². The summed E-state index contributed by atoms with van der Waals surface area (Å²) in [6.07, 6.45) is 0. The normalized spacial score (nSPS) is 29.0. The van der Waals surface area contributed by atoms with Gasteiger partial charge >= 0.3 is 0 Å². The van der Waals surface area contributed by atoms with E-state index in [-0.39, 0.29) is 6.04 Å². The number of hydrogen-bond acceptors (Lipinski definition) is 4. The molecule has 1 aliphatic heterocycles. The number of nitrogens with one attached hydrogen (secondary N) is 1. The molecule has 2 rings (SSSR count). The van der Waals surface area contributed by atoms with E-state index >= 15 is 0 Å². The van der Waals surface area contributed by atoms with Crippen LogP contribution in [0.3, 0.4) is 0 Å². The van der Waals surface area contributed by atoms with Crippen molar-refractivity contribution in [1.29, 1.82) is 0 Å². The Kier molecular flexibility index (Phi) is 3.66. The molecule has 0 spiro atoms. The minimum absolute atomic E-state index is 0.258. The third-order valence-corrected chi connectivity index (χ3v) is 3.12. The minimum Gasteiger partial charge on any atom is -0.497 e. The lowest BCUT2D eigenvalue weighted by molar-refractivity contribution is -0.272. The van der Waals surface area contributed by atoms with E-state index in [2.05, 4.69) is 5.32 Å². The average molecular weight is 237 g/mol. The van der Waals surface area contributed by atoms with Crippen LogP contribution in [0, 0.1) is 0 Å². The molecule has 4 nitrogen and oxygen atoms in total. The number of ether oxygens (including phenoxy) is 3. The lowest BCUT2D eigenvalue weighted by atomic mass is 10.1. The van der Waals surface area contributed by atoms with Crippen molar-refractivity contribution in [2.24, 2.45) is 0 Å². The molecule has 0 amide bonds. The van der Waals surface area contributed by atoms with Gasteiger partial charge in [0.25, 0.3) is 0 Å². The van der Waals surface area contributed by atoms with E-state index in [1.165, 1.54) is 0 Å². The minimum atomic E-state index is -0.679. The van der Waals surface area contributed by atoms with E-state index in [4.69, 9.17) is 14.2 Å². The van der Waals surface area contributed by atoms with Gasteiger partial charge < -0.3 is 19.5 Å². The molecule has 4 heteroatoms. The van der Waals surface area contributed by atoms with E-state index in [9.17, 15) is 0 Å². The van der Waals surface area contributed by atoms with E-state index < -0.39 is 5.79 Å². The first-order chi connectivity index (χ1) is 8.18. The fraction of sp³-hybridized carbons (Fsp3) is 0.538. The molecule has 1 aromatic carbocycles. The van der Waals surface area contributed by atoms with Crippen molar-refractivity contribution in [1.82, 2.24) is 5.32 Å². The lowest BCUT2D eigenvalue weighted by Crippen LogP contribution is -2.47. The number of methoxy groups -OCH3 is 1. The van der Waals surface area contributed by atoms with Gasteiger partial charge in [-0.3, -0.25) is 0 Å². The van der Waals surface area contributed by atoms with Crippen molar-refractivity contribution in [2.75, 3.05) is 27.4 Å². The van der Waals surface area contributed by atoms with Gasteiger partial charge in [-0.2, -0.15) is 0 Å². The maximum atomic E-state index is 5.81. The van der Waals surface area contributed by atoms with Crippen LogP contribution in [0.25, 0.3) is 0 Å². The third kappa shape index (κ3) is 2.60. The van der Waals surface area contributed by atoms with Gasteiger partial charge in [-0.25, -0.2) is 0 Å². The van der Waals surface area contributed by atoms with Crippen molar-refractivity contribution in [3.63, 3.8) is 0 Å². The highest BCUT2D eigenvalue weighted by molar-refractivity contribution is 5.31. The predicted molar refractivity (Wildman–Crippen MR) is 65.1 cm³/mol. The molecular formula is C13H19NO3.